The Balaban J connectivity index is 2.89. The highest BCUT2D eigenvalue weighted by molar-refractivity contribution is 5.39. The van der Waals surface area contributed by atoms with Crippen LogP contribution in [0.5, 0.6) is 0 Å². The van der Waals surface area contributed by atoms with Crippen LogP contribution in [0.4, 0.5) is 0 Å². The lowest BCUT2D eigenvalue weighted by molar-refractivity contribution is 0.483. The molecule has 0 radical (unpaired) electrons. The lowest BCUT2D eigenvalue weighted by atomic mass is 9.94. The minimum atomic E-state index is 0.346. The van der Waals surface area contributed by atoms with E-state index in [0.29, 0.717) is 12.1 Å². The van der Waals surface area contributed by atoms with Gasteiger partial charge in [-0.1, -0.05) is 17.7 Å². The molecule has 1 rings (SSSR count). The highest BCUT2D eigenvalue weighted by atomic mass is 14.9. The molecular weight excluding hydrogens is 206 g/mol. The maximum atomic E-state index is 5.33. The molecule has 2 atom stereocenters. The van der Waals surface area contributed by atoms with Gasteiger partial charge in [0.1, 0.15) is 0 Å². The van der Waals surface area contributed by atoms with E-state index in [4.69, 9.17) is 6.42 Å². The van der Waals surface area contributed by atoms with Crippen LogP contribution in [0.2, 0.25) is 0 Å². The summed E-state index contributed by atoms with van der Waals surface area (Å²) in [4.78, 5) is 0. The van der Waals surface area contributed by atoms with E-state index in [2.05, 4.69) is 58.0 Å². The molecule has 0 aliphatic carbocycles. The Morgan fingerprint density at radius 3 is 2.18 bits per heavy atom. The zero-order valence-corrected chi connectivity index (χ0v) is 11.6. The van der Waals surface area contributed by atoms with Crippen molar-refractivity contribution in [1.82, 2.24) is 5.32 Å². The van der Waals surface area contributed by atoms with Gasteiger partial charge in [-0.15, -0.1) is 12.3 Å². The molecule has 0 saturated heterocycles. The van der Waals surface area contributed by atoms with Crippen molar-refractivity contribution in [2.45, 2.75) is 53.1 Å². The molecule has 1 aromatic rings. The maximum Gasteiger partial charge on any atom is 0.0299 e. The summed E-state index contributed by atoms with van der Waals surface area (Å²) < 4.78 is 0. The van der Waals surface area contributed by atoms with Crippen molar-refractivity contribution in [3.8, 4) is 12.3 Å². The topological polar surface area (TPSA) is 12.0 Å². The molecule has 0 aliphatic heterocycles. The summed E-state index contributed by atoms with van der Waals surface area (Å²) in [6, 6.07) is 5.19. The van der Waals surface area contributed by atoms with Gasteiger partial charge in [-0.25, -0.2) is 0 Å². The number of benzene rings is 1. The Morgan fingerprint density at radius 2 is 1.71 bits per heavy atom. The molecule has 0 bridgehead atoms. The molecule has 1 aromatic carbocycles. The number of rotatable bonds is 4. The zero-order chi connectivity index (χ0) is 13.0. The summed E-state index contributed by atoms with van der Waals surface area (Å²) in [5.41, 5.74) is 5.44. The highest BCUT2D eigenvalue weighted by Crippen LogP contribution is 2.23. The van der Waals surface area contributed by atoms with Crippen LogP contribution < -0.4 is 5.32 Å². The number of nitrogens with one attached hydrogen (secondary N) is 1. The minimum absolute atomic E-state index is 0.346. The van der Waals surface area contributed by atoms with Crippen LogP contribution in [0.25, 0.3) is 0 Å². The number of hydrogen-bond donors (Lipinski definition) is 1. The second-order valence-corrected chi connectivity index (χ2v) is 5.01. The maximum absolute atomic E-state index is 5.33. The zero-order valence-electron chi connectivity index (χ0n) is 11.6. The second kappa shape index (κ2) is 5.89. The SMILES string of the molecule is C#CCC(C)NC(C)c1c(C)cc(C)cc1C. The summed E-state index contributed by atoms with van der Waals surface area (Å²) in [6.45, 7) is 10.8. The van der Waals surface area contributed by atoms with Gasteiger partial charge in [0.05, 0.1) is 0 Å². The second-order valence-electron chi connectivity index (χ2n) is 5.01. The van der Waals surface area contributed by atoms with Crippen molar-refractivity contribution in [1.29, 1.82) is 0 Å². The molecule has 0 aromatic heterocycles. The third-order valence-corrected chi connectivity index (χ3v) is 3.13. The molecular formula is C16H23N. The van der Waals surface area contributed by atoms with Crippen LogP contribution in [-0.4, -0.2) is 6.04 Å². The lowest BCUT2D eigenvalue weighted by Gasteiger charge is -2.23. The molecule has 0 spiro atoms. The molecule has 1 nitrogen and oxygen atoms in total. The third kappa shape index (κ3) is 3.61. The molecule has 0 amide bonds. The predicted molar refractivity (Wildman–Crippen MR) is 75.1 cm³/mol. The van der Waals surface area contributed by atoms with Crippen molar-refractivity contribution in [2.75, 3.05) is 0 Å². The Bertz CT molecular complexity index is 403. The van der Waals surface area contributed by atoms with E-state index in [0.717, 1.165) is 6.42 Å². The molecule has 0 saturated carbocycles. The summed E-state index contributed by atoms with van der Waals surface area (Å²) in [5.74, 6) is 2.70. The molecule has 1 N–H and O–H groups in total. The van der Waals surface area contributed by atoms with Crippen LogP contribution in [-0.2, 0) is 0 Å². The van der Waals surface area contributed by atoms with Crippen LogP contribution >= 0.6 is 0 Å². The Kier molecular flexibility index (Phi) is 4.78. The Hall–Kier alpha value is -1.26. The van der Waals surface area contributed by atoms with Crippen LogP contribution in [0, 0.1) is 33.1 Å². The quantitative estimate of drug-likeness (QED) is 0.777. The smallest absolute Gasteiger partial charge is 0.0299 e. The molecule has 0 heterocycles. The van der Waals surface area contributed by atoms with E-state index in [9.17, 15) is 0 Å². The van der Waals surface area contributed by atoms with Crippen LogP contribution in [0.1, 0.15) is 48.6 Å². The predicted octanol–water partition coefficient (Wildman–Crippen LogP) is 3.67. The largest absolute Gasteiger partial charge is 0.307 e. The van der Waals surface area contributed by atoms with Crippen LogP contribution in [0.15, 0.2) is 12.1 Å². The third-order valence-electron chi connectivity index (χ3n) is 3.13. The standard InChI is InChI=1S/C16H23N/c1-7-8-14(5)17-15(6)16-12(3)9-11(2)10-13(16)4/h1,9-10,14-15,17H,8H2,2-6H3. The minimum Gasteiger partial charge on any atom is -0.307 e. The first-order valence-corrected chi connectivity index (χ1v) is 6.23. The van der Waals surface area contributed by atoms with Gasteiger partial charge < -0.3 is 5.32 Å². The number of aryl methyl sites for hydroxylation is 3. The van der Waals surface area contributed by atoms with Crippen molar-refractivity contribution in [3.05, 3.63) is 34.4 Å². The Labute approximate surface area is 106 Å². The number of hydrogen-bond acceptors (Lipinski definition) is 1. The average Bonchev–Trinajstić information content (AvgIpc) is 2.15. The summed E-state index contributed by atoms with van der Waals surface area (Å²) >= 11 is 0. The van der Waals surface area contributed by atoms with Crippen molar-refractivity contribution >= 4 is 0 Å². The van der Waals surface area contributed by atoms with E-state index in [1.165, 1.54) is 22.3 Å². The van der Waals surface area contributed by atoms with Crippen molar-refractivity contribution < 1.29 is 0 Å². The van der Waals surface area contributed by atoms with E-state index < -0.39 is 0 Å². The van der Waals surface area contributed by atoms with E-state index in [1.54, 1.807) is 0 Å². The molecule has 0 aliphatic rings. The summed E-state index contributed by atoms with van der Waals surface area (Å²) in [7, 11) is 0. The average molecular weight is 229 g/mol. The van der Waals surface area contributed by atoms with Gasteiger partial charge in [-0.2, -0.15) is 0 Å². The first-order chi connectivity index (χ1) is 7.95. The van der Waals surface area contributed by atoms with E-state index >= 15 is 0 Å². The summed E-state index contributed by atoms with van der Waals surface area (Å²) in [5, 5.41) is 3.56. The fourth-order valence-electron chi connectivity index (χ4n) is 2.62. The van der Waals surface area contributed by atoms with Crippen molar-refractivity contribution in [2.24, 2.45) is 0 Å². The van der Waals surface area contributed by atoms with Gasteiger partial charge in [0.2, 0.25) is 0 Å². The van der Waals surface area contributed by atoms with Crippen molar-refractivity contribution in [3.63, 3.8) is 0 Å². The Morgan fingerprint density at radius 1 is 1.18 bits per heavy atom. The van der Waals surface area contributed by atoms with Gasteiger partial charge in [-0.3, -0.25) is 0 Å². The van der Waals surface area contributed by atoms with E-state index in [1.807, 2.05) is 0 Å². The molecule has 17 heavy (non-hydrogen) atoms. The first-order valence-electron chi connectivity index (χ1n) is 6.23. The fourth-order valence-corrected chi connectivity index (χ4v) is 2.62. The van der Waals surface area contributed by atoms with E-state index in [-0.39, 0.29) is 0 Å². The molecule has 2 unspecified atom stereocenters. The first kappa shape index (κ1) is 13.8. The van der Waals surface area contributed by atoms with Crippen LogP contribution in [0.3, 0.4) is 0 Å². The van der Waals surface area contributed by atoms with Gasteiger partial charge in [-0.05, 0) is 51.3 Å². The monoisotopic (exact) mass is 229 g/mol. The van der Waals surface area contributed by atoms with Gasteiger partial charge >= 0.3 is 0 Å². The molecule has 1 heteroatoms. The fraction of sp³-hybridized carbons (Fsp3) is 0.500. The highest BCUT2D eigenvalue weighted by Gasteiger charge is 2.13. The molecule has 92 valence electrons. The molecule has 0 fully saturated rings. The number of terminal acetylenes is 1. The normalized spacial score (nSPS) is 14.1. The van der Waals surface area contributed by atoms with Gasteiger partial charge in [0, 0.05) is 18.5 Å². The van der Waals surface area contributed by atoms with Gasteiger partial charge in [0.25, 0.3) is 0 Å². The van der Waals surface area contributed by atoms with Gasteiger partial charge in [0.15, 0.2) is 0 Å². The lowest BCUT2D eigenvalue weighted by Crippen LogP contribution is -2.29. The summed E-state index contributed by atoms with van der Waals surface area (Å²) in [6.07, 6.45) is 6.11.